The van der Waals surface area contributed by atoms with E-state index in [2.05, 4.69) is 0 Å². The first-order valence-electron chi connectivity index (χ1n) is 5.06. The second-order valence-electron chi connectivity index (χ2n) is 3.34. The summed E-state index contributed by atoms with van der Waals surface area (Å²) in [7, 11) is 0. The largest absolute Gasteiger partial charge is 0.492 e. The minimum absolute atomic E-state index is 0.0882. The fraction of sp³-hybridized carbons (Fsp3) is 0.364. The molecule has 0 atom stereocenters. The van der Waals surface area contributed by atoms with Crippen molar-refractivity contribution in [2.45, 2.75) is 12.3 Å². The molecule has 0 heterocycles. The minimum atomic E-state index is -4.67. The molecule has 0 spiro atoms. The Kier molecular flexibility index (Phi) is 4.94. The Balaban J connectivity index is 2.28. The highest BCUT2D eigenvalue weighted by molar-refractivity contribution is 5.83. The van der Waals surface area contributed by atoms with Crippen molar-refractivity contribution in [1.82, 2.24) is 5.32 Å². The maximum Gasteiger partial charge on any atom is 0.383 e. The van der Waals surface area contributed by atoms with Crippen LogP contribution in [0.4, 0.5) is 17.6 Å². The summed E-state index contributed by atoms with van der Waals surface area (Å²) in [6.07, 6.45) is -4.02. The number of benzene rings is 1. The minimum Gasteiger partial charge on any atom is -0.492 e. The standard InChI is InChI=1S/C11H11F4NO2/c12-9(13)11(14,15)10(17)16-6-7-18-8-4-2-1-3-5-8/h1-5,9H,6-7H2,(H,16,17). The molecular formula is C11H11F4NO2. The second-order valence-corrected chi connectivity index (χ2v) is 3.34. The average molecular weight is 265 g/mol. The normalized spacial score (nSPS) is 11.4. The SMILES string of the molecule is O=C(NCCOc1ccccc1)C(F)(F)C(F)F. The first-order valence-corrected chi connectivity index (χ1v) is 5.06. The molecule has 0 aliphatic heterocycles. The second kappa shape index (κ2) is 6.23. The lowest BCUT2D eigenvalue weighted by molar-refractivity contribution is -0.169. The smallest absolute Gasteiger partial charge is 0.383 e. The fourth-order valence-corrected chi connectivity index (χ4v) is 1.07. The van der Waals surface area contributed by atoms with E-state index in [9.17, 15) is 22.4 Å². The molecule has 1 aromatic rings. The zero-order valence-electron chi connectivity index (χ0n) is 9.21. The molecule has 0 aliphatic rings. The summed E-state index contributed by atoms with van der Waals surface area (Å²) in [6, 6.07) is 8.45. The molecule has 0 fully saturated rings. The number of para-hydroxylation sites is 1. The van der Waals surface area contributed by atoms with Crippen LogP contribution < -0.4 is 10.1 Å². The van der Waals surface area contributed by atoms with E-state index >= 15 is 0 Å². The van der Waals surface area contributed by atoms with Gasteiger partial charge in [0, 0.05) is 0 Å². The van der Waals surface area contributed by atoms with Gasteiger partial charge < -0.3 is 10.1 Å². The van der Waals surface area contributed by atoms with Gasteiger partial charge in [0.15, 0.2) is 0 Å². The summed E-state index contributed by atoms with van der Waals surface area (Å²) in [4.78, 5) is 10.7. The van der Waals surface area contributed by atoms with Gasteiger partial charge in [-0.25, -0.2) is 8.78 Å². The van der Waals surface area contributed by atoms with Crippen LogP contribution in [0, 0.1) is 0 Å². The summed E-state index contributed by atoms with van der Waals surface area (Å²) in [5.74, 6) is -6.19. The van der Waals surface area contributed by atoms with E-state index in [0.717, 1.165) is 0 Å². The van der Waals surface area contributed by atoms with Gasteiger partial charge in [-0.05, 0) is 12.1 Å². The molecule has 0 aromatic heterocycles. The Bertz CT molecular complexity index is 384. The Hall–Kier alpha value is -1.79. The van der Waals surface area contributed by atoms with Gasteiger partial charge in [0.25, 0.3) is 5.91 Å². The van der Waals surface area contributed by atoms with Crippen LogP contribution in [0.2, 0.25) is 0 Å². The van der Waals surface area contributed by atoms with Gasteiger partial charge in [-0.3, -0.25) is 4.79 Å². The number of ether oxygens (including phenoxy) is 1. The Morgan fingerprint density at radius 2 is 1.89 bits per heavy atom. The first kappa shape index (κ1) is 14.3. The predicted molar refractivity (Wildman–Crippen MR) is 55.9 cm³/mol. The highest BCUT2D eigenvalue weighted by Crippen LogP contribution is 2.22. The van der Waals surface area contributed by atoms with E-state index in [4.69, 9.17) is 4.74 Å². The van der Waals surface area contributed by atoms with E-state index in [1.807, 2.05) is 0 Å². The molecule has 7 heteroatoms. The summed E-state index contributed by atoms with van der Waals surface area (Å²) < 4.78 is 53.6. The van der Waals surface area contributed by atoms with E-state index in [1.165, 1.54) is 0 Å². The molecule has 0 saturated carbocycles. The zero-order chi connectivity index (χ0) is 13.6. The van der Waals surface area contributed by atoms with Crippen molar-refractivity contribution in [3.05, 3.63) is 30.3 Å². The van der Waals surface area contributed by atoms with Crippen LogP contribution in [-0.4, -0.2) is 31.4 Å². The van der Waals surface area contributed by atoms with Gasteiger partial charge in [0.05, 0.1) is 6.54 Å². The Labute approximate surface area is 101 Å². The quantitative estimate of drug-likeness (QED) is 0.631. The average Bonchev–Trinajstić information content (AvgIpc) is 2.35. The topological polar surface area (TPSA) is 38.3 Å². The van der Waals surface area contributed by atoms with Crippen LogP contribution in [0.1, 0.15) is 0 Å². The molecule has 0 radical (unpaired) electrons. The summed E-state index contributed by atoms with van der Waals surface area (Å²) >= 11 is 0. The summed E-state index contributed by atoms with van der Waals surface area (Å²) in [5, 5.41) is 1.68. The van der Waals surface area contributed by atoms with Crippen LogP contribution in [-0.2, 0) is 4.79 Å². The molecule has 18 heavy (non-hydrogen) atoms. The third kappa shape index (κ3) is 3.90. The third-order valence-corrected chi connectivity index (χ3v) is 1.98. The highest BCUT2D eigenvalue weighted by atomic mass is 19.3. The van der Waals surface area contributed by atoms with Crippen molar-refractivity contribution in [3.63, 3.8) is 0 Å². The van der Waals surface area contributed by atoms with Crippen molar-refractivity contribution in [2.75, 3.05) is 13.2 Å². The molecule has 1 rings (SSSR count). The van der Waals surface area contributed by atoms with E-state index in [-0.39, 0.29) is 13.2 Å². The molecule has 1 N–H and O–H groups in total. The van der Waals surface area contributed by atoms with Gasteiger partial charge in [0.2, 0.25) is 0 Å². The van der Waals surface area contributed by atoms with Crippen molar-refractivity contribution >= 4 is 5.91 Å². The number of hydrogen-bond donors (Lipinski definition) is 1. The van der Waals surface area contributed by atoms with Crippen LogP contribution in [0.25, 0.3) is 0 Å². The van der Waals surface area contributed by atoms with Gasteiger partial charge in [-0.2, -0.15) is 8.78 Å². The number of halogens is 4. The van der Waals surface area contributed by atoms with Crippen molar-refractivity contribution in [2.24, 2.45) is 0 Å². The van der Waals surface area contributed by atoms with Crippen LogP contribution >= 0.6 is 0 Å². The lowest BCUT2D eigenvalue weighted by Crippen LogP contribution is -2.46. The summed E-state index contributed by atoms with van der Waals surface area (Å²) in [5.41, 5.74) is 0. The monoisotopic (exact) mass is 265 g/mol. The van der Waals surface area contributed by atoms with Crippen molar-refractivity contribution in [3.8, 4) is 5.75 Å². The van der Waals surface area contributed by atoms with Gasteiger partial charge in [0.1, 0.15) is 12.4 Å². The molecule has 0 bridgehead atoms. The molecular weight excluding hydrogens is 254 g/mol. The maximum absolute atomic E-state index is 12.5. The number of alkyl halides is 4. The number of amides is 1. The summed E-state index contributed by atoms with van der Waals surface area (Å²) in [6.45, 7) is -0.370. The maximum atomic E-state index is 12.5. The molecule has 3 nitrogen and oxygen atoms in total. The number of hydrogen-bond acceptors (Lipinski definition) is 2. The van der Waals surface area contributed by atoms with Crippen LogP contribution in [0.3, 0.4) is 0 Å². The van der Waals surface area contributed by atoms with Crippen LogP contribution in [0.5, 0.6) is 5.75 Å². The molecule has 100 valence electrons. The van der Waals surface area contributed by atoms with Gasteiger partial charge >= 0.3 is 12.3 Å². The van der Waals surface area contributed by atoms with E-state index in [0.29, 0.717) is 5.75 Å². The predicted octanol–water partition coefficient (Wildman–Crippen LogP) is 2.08. The number of rotatable bonds is 6. The van der Waals surface area contributed by atoms with Crippen molar-refractivity contribution < 1.29 is 27.1 Å². The highest BCUT2D eigenvalue weighted by Gasteiger charge is 2.48. The van der Waals surface area contributed by atoms with E-state index < -0.39 is 18.3 Å². The molecule has 1 aromatic carbocycles. The van der Waals surface area contributed by atoms with Crippen molar-refractivity contribution in [1.29, 1.82) is 0 Å². The molecule has 1 amide bonds. The first-order chi connectivity index (χ1) is 8.44. The Morgan fingerprint density at radius 1 is 1.28 bits per heavy atom. The number of carbonyl (C=O) groups excluding carboxylic acids is 1. The Morgan fingerprint density at radius 3 is 2.44 bits per heavy atom. The van der Waals surface area contributed by atoms with E-state index in [1.54, 1.807) is 35.6 Å². The van der Waals surface area contributed by atoms with Gasteiger partial charge in [-0.15, -0.1) is 0 Å². The van der Waals surface area contributed by atoms with Gasteiger partial charge in [-0.1, -0.05) is 18.2 Å². The molecule has 0 unspecified atom stereocenters. The molecule has 0 saturated heterocycles. The van der Waals surface area contributed by atoms with Crippen LogP contribution in [0.15, 0.2) is 30.3 Å². The lowest BCUT2D eigenvalue weighted by Gasteiger charge is -2.14. The zero-order valence-corrected chi connectivity index (χ0v) is 9.21. The fourth-order valence-electron chi connectivity index (χ4n) is 1.07. The lowest BCUT2D eigenvalue weighted by atomic mass is 10.3. The number of nitrogens with one attached hydrogen (secondary N) is 1. The molecule has 0 aliphatic carbocycles. The number of carbonyl (C=O) groups is 1. The third-order valence-electron chi connectivity index (χ3n) is 1.98.